The van der Waals surface area contributed by atoms with Gasteiger partial charge in [0.25, 0.3) is 0 Å². The van der Waals surface area contributed by atoms with E-state index in [0.717, 1.165) is 31.5 Å². The maximum atomic E-state index is 11.5. The number of rotatable bonds is 5. The number of Topliss-reactive ketones (excluding diaryl/α,β-unsaturated/α-hetero) is 1. The Morgan fingerprint density at radius 3 is 2.60 bits per heavy atom. The Hall–Kier alpha value is -1.12. The predicted octanol–water partition coefficient (Wildman–Crippen LogP) is 2.81. The van der Waals surface area contributed by atoms with Crippen molar-refractivity contribution in [3.05, 3.63) is 11.3 Å². The largest absolute Gasteiger partial charge is 0.511 e. The van der Waals surface area contributed by atoms with Gasteiger partial charge in [0.2, 0.25) is 0 Å². The van der Waals surface area contributed by atoms with Crippen LogP contribution in [0, 0.1) is 0 Å². The van der Waals surface area contributed by atoms with Crippen molar-refractivity contribution < 1.29 is 9.90 Å². The van der Waals surface area contributed by atoms with Crippen molar-refractivity contribution in [2.45, 2.75) is 46.0 Å². The Bertz CT molecular complexity index is 303. The van der Waals surface area contributed by atoms with Gasteiger partial charge in [-0.3, -0.25) is 9.79 Å². The predicted molar refractivity (Wildman–Crippen MR) is 61.4 cm³/mol. The average Bonchev–Trinajstić information content (AvgIpc) is 2.55. The summed E-state index contributed by atoms with van der Waals surface area (Å²) in [5.41, 5.74) is 1.28. The second-order valence-corrected chi connectivity index (χ2v) is 3.78. The normalized spacial score (nSPS) is 17.7. The quantitative estimate of drug-likeness (QED) is 0.559. The molecule has 1 N–H and O–H groups in total. The molecule has 0 atom stereocenters. The van der Waals surface area contributed by atoms with Crippen molar-refractivity contribution in [3.63, 3.8) is 0 Å². The van der Waals surface area contributed by atoms with Crippen molar-refractivity contribution in [2.24, 2.45) is 4.99 Å². The summed E-state index contributed by atoms with van der Waals surface area (Å²) >= 11 is 0. The zero-order chi connectivity index (χ0) is 11.3. The van der Waals surface area contributed by atoms with Gasteiger partial charge in [-0.15, -0.1) is 0 Å². The number of allylic oxidation sites excluding steroid dienone is 2. The van der Waals surface area contributed by atoms with Gasteiger partial charge < -0.3 is 5.11 Å². The van der Waals surface area contributed by atoms with E-state index in [1.165, 1.54) is 0 Å². The van der Waals surface area contributed by atoms with Gasteiger partial charge in [0.1, 0.15) is 5.76 Å². The van der Waals surface area contributed by atoms with Crippen LogP contribution in [-0.4, -0.2) is 23.1 Å². The van der Waals surface area contributed by atoms with Crippen LogP contribution in [0.5, 0.6) is 0 Å². The van der Waals surface area contributed by atoms with Gasteiger partial charge in [-0.1, -0.05) is 20.3 Å². The number of nitrogens with zero attached hydrogens (tertiary/aromatic N) is 1. The first kappa shape index (κ1) is 12.0. The molecular weight excluding hydrogens is 190 g/mol. The third-order valence-electron chi connectivity index (χ3n) is 2.59. The number of ketones is 1. The van der Waals surface area contributed by atoms with Crippen LogP contribution < -0.4 is 0 Å². The summed E-state index contributed by atoms with van der Waals surface area (Å²) in [5, 5.41) is 9.60. The molecule has 15 heavy (non-hydrogen) atoms. The van der Waals surface area contributed by atoms with Gasteiger partial charge in [0, 0.05) is 25.1 Å². The lowest BCUT2D eigenvalue weighted by Crippen LogP contribution is -2.10. The first-order chi connectivity index (χ1) is 7.20. The van der Waals surface area contributed by atoms with Crippen molar-refractivity contribution in [2.75, 3.05) is 6.54 Å². The van der Waals surface area contributed by atoms with E-state index in [9.17, 15) is 9.90 Å². The van der Waals surface area contributed by atoms with E-state index >= 15 is 0 Å². The number of unbranched alkanes of at least 4 members (excludes halogenated alkanes) is 1. The molecule has 1 aliphatic carbocycles. The molecule has 0 unspecified atom stereocenters. The molecule has 3 heteroatoms. The van der Waals surface area contributed by atoms with E-state index in [2.05, 4.69) is 11.9 Å². The minimum Gasteiger partial charge on any atom is -0.511 e. The van der Waals surface area contributed by atoms with Gasteiger partial charge in [-0.05, 0) is 12.8 Å². The highest BCUT2D eigenvalue weighted by Crippen LogP contribution is 2.23. The molecule has 0 radical (unpaired) electrons. The van der Waals surface area contributed by atoms with Crippen molar-refractivity contribution in [3.8, 4) is 0 Å². The summed E-state index contributed by atoms with van der Waals surface area (Å²) in [6.45, 7) is 4.83. The lowest BCUT2D eigenvalue weighted by molar-refractivity contribution is -0.114. The maximum Gasteiger partial charge on any atom is 0.168 e. The number of hydrogen-bond donors (Lipinski definition) is 1. The fourth-order valence-corrected chi connectivity index (χ4v) is 1.71. The standard InChI is InChI=1S/C12H19NO2/c1-3-5-8-13-9(4-2)12-10(14)6-7-11(12)15/h14H,3-8H2,1-2H3. The topological polar surface area (TPSA) is 49.7 Å². The molecule has 0 saturated carbocycles. The molecule has 0 aliphatic heterocycles. The molecule has 0 heterocycles. The van der Waals surface area contributed by atoms with E-state index in [1.807, 2.05) is 6.92 Å². The van der Waals surface area contributed by atoms with Gasteiger partial charge >= 0.3 is 0 Å². The van der Waals surface area contributed by atoms with Gasteiger partial charge in [0.15, 0.2) is 5.78 Å². The Labute approximate surface area is 90.9 Å². The molecule has 0 amide bonds. The van der Waals surface area contributed by atoms with Crippen molar-refractivity contribution in [1.82, 2.24) is 0 Å². The van der Waals surface area contributed by atoms with E-state index in [-0.39, 0.29) is 11.5 Å². The number of aliphatic imine (C=N–C) groups is 1. The SMILES string of the molecule is CCCCN=C(CC)C1=C(O)CCC1=O. The van der Waals surface area contributed by atoms with Crippen LogP contribution in [-0.2, 0) is 4.79 Å². The minimum atomic E-state index is 0.0459. The summed E-state index contributed by atoms with van der Waals surface area (Å²) in [7, 11) is 0. The molecule has 1 rings (SSSR count). The molecular formula is C12H19NO2. The van der Waals surface area contributed by atoms with Gasteiger partial charge in [-0.25, -0.2) is 0 Å². The molecule has 1 aliphatic rings. The van der Waals surface area contributed by atoms with Crippen LogP contribution in [0.1, 0.15) is 46.0 Å². The number of aliphatic hydroxyl groups is 1. The smallest absolute Gasteiger partial charge is 0.168 e. The molecule has 0 spiro atoms. The van der Waals surface area contributed by atoms with Crippen LogP contribution in [0.3, 0.4) is 0 Å². The lowest BCUT2D eigenvalue weighted by Gasteiger charge is -2.04. The summed E-state index contributed by atoms with van der Waals surface area (Å²) in [6, 6.07) is 0. The van der Waals surface area contributed by atoms with E-state index in [1.54, 1.807) is 0 Å². The second-order valence-electron chi connectivity index (χ2n) is 3.78. The molecule has 84 valence electrons. The first-order valence-corrected chi connectivity index (χ1v) is 5.69. The highest BCUT2D eigenvalue weighted by atomic mass is 16.3. The number of carbonyl (C=O) groups excluding carboxylic acids is 1. The molecule has 0 aromatic heterocycles. The Balaban J connectivity index is 2.78. The van der Waals surface area contributed by atoms with E-state index < -0.39 is 0 Å². The first-order valence-electron chi connectivity index (χ1n) is 5.69. The summed E-state index contributed by atoms with van der Waals surface area (Å²) in [5.74, 6) is 0.279. The zero-order valence-corrected chi connectivity index (χ0v) is 9.55. The summed E-state index contributed by atoms with van der Waals surface area (Å²) in [6.07, 6.45) is 3.77. The molecule has 3 nitrogen and oxygen atoms in total. The fraction of sp³-hybridized carbons (Fsp3) is 0.667. The van der Waals surface area contributed by atoms with Crippen LogP contribution >= 0.6 is 0 Å². The fourth-order valence-electron chi connectivity index (χ4n) is 1.71. The van der Waals surface area contributed by atoms with Crippen molar-refractivity contribution in [1.29, 1.82) is 0 Å². The summed E-state index contributed by atoms with van der Waals surface area (Å²) in [4.78, 5) is 15.9. The van der Waals surface area contributed by atoms with E-state index in [4.69, 9.17) is 0 Å². The molecule has 0 aromatic carbocycles. The average molecular weight is 209 g/mol. The van der Waals surface area contributed by atoms with Crippen LogP contribution in [0.15, 0.2) is 16.3 Å². The molecule has 0 bridgehead atoms. The lowest BCUT2D eigenvalue weighted by atomic mass is 10.1. The highest BCUT2D eigenvalue weighted by Gasteiger charge is 2.25. The van der Waals surface area contributed by atoms with Crippen LogP contribution in [0.25, 0.3) is 0 Å². The summed E-state index contributed by atoms with van der Waals surface area (Å²) < 4.78 is 0. The second kappa shape index (κ2) is 5.69. The third kappa shape index (κ3) is 2.91. The monoisotopic (exact) mass is 209 g/mol. The minimum absolute atomic E-state index is 0.0459. The van der Waals surface area contributed by atoms with Gasteiger partial charge in [-0.2, -0.15) is 0 Å². The van der Waals surface area contributed by atoms with Crippen LogP contribution in [0.2, 0.25) is 0 Å². The number of aliphatic hydroxyl groups excluding tert-OH is 1. The molecule has 0 aromatic rings. The zero-order valence-electron chi connectivity index (χ0n) is 9.55. The number of carbonyl (C=O) groups is 1. The Morgan fingerprint density at radius 2 is 2.13 bits per heavy atom. The van der Waals surface area contributed by atoms with Crippen molar-refractivity contribution >= 4 is 11.5 Å². The van der Waals surface area contributed by atoms with Crippen LogP contribution in [0.4, 0.5) is 0 Å². The Kier molecular flexibility index (Phi) is 4.53. The van der Waals surface area contributed by atoms with Gasteiger partial charge in [0.05, 0.1) is 5.57 Å². The highest BCUT2D eigenvalue weighted by molar-refractivity contribution is 6.23. The van der Waals surface area contributed by atoms with E-state index in [0.29, 0.717) is 18.4 Å². The molecule has 0 fully saturated rings. The Morgan fingerprint density at radius 1 is 1.40 bits per heavy atom. The third-order valence-corrected chi connectivity index (χ3v) is 2.59. The maximum absolute atomic E-state index is 11.5. The molecule has 0 saturated heterocycles. The number of hydrogen-bond acceptors (Lipinski definition) is 3.